The largest absolute Gasteiger partial charge is 0.478 e. The number of rotatable bonds is 3. The molecular formula is C15H11FO3. The van der Waals surface area contributed by atoms with Crippen LogP contribution in [0, 0.1) is 5.82 Å². The summed E-state index contributed by atoms with van der Waals surface area (Å²) in [5.41, 5.74) is 1.35. The number of halogens is 1. The molecule has 0 aliphatic rings. The van der Waals surface area contributed by atoms with Gasteiger partial charge >= 0.3 is 5.97 Å². The molecular weight excluding hydrogens is 247 g/mol. The third-order valence-electron chi connectivity index (χ3n) is 2.82. The Hall–Kier alpha value is -2.49. The first kappa shape index (κ1) is 13.0. The van der Waals surface area contributed by atoms with Gasteiger partial charge in [0.05, 0.1) is 5.56 Å². The highest BCUT2D eigenvalue weighted by atomic mass is 19.1. The van der Waals surface area contributed by atoms with Crippen molar-refractivity contribution in [2.45, 2.75) is 6.92 Å². The SMILES string of the molecule is CC(=O)c1ccc(-c2ccc(C(=O)O)cc2F)cc1. The Morgan fingerprint density at radius 3 is 2.05 bits per heavy atom. The van der Waals surface area contributed by atoms with Crippen molar-refractivity contribution in [1.29, 1.82) is 0 Å². The Kier molecular flexibility index (Phi) is 3.42. The number of carbonyl (C=O) groups excluding carboxylic acids is 1. The fraction of sp³-hybridized carbons (Fsp3) is 0.0667. The van der Waals surface area contributed by atoms with Crippen molar-refractivity contribution in [3.05, 3.63) is 59.4 Å². The normalized spacial score (nSPS) is 10.2. The third-order valence-corrected chi connectivity index (χ3v) is 2.82. The van der Waals surface area contributed by atoms with Gasteiger partial charge in [0.2, 0.25) is 0 Å². The minimum absolute atomic E-state index is 0.0618. The van der Waals surface area contributed by atoms with Crippen LogP contribution in [0.4, 0.5) is 4.39 Å². The first-order chi connectivity index (χ1) is 8.99. The molecule has 0 fully saturated rings. The maximum atomic E-state index is 13.8. The Labute approximate surface area is 109 Å². The highest BCUT2D eigenvalue weighted by Gasteiger charge is 2.10. The Morgan fingerprint density at radius 1 is 1.00 bits per heavy atom. The summed E-state index contributed by atoms with van der Waals surface area (Å²) in [5.74, 6) is -1.83. The van der Waals surface area contributed by atoms with Crippen LogP contribution in [-0.4, -0.2) is 16.9 Å². The van der Waals surface area contributed by atoms with Crippen molar-refractivity contribution in [1.82, 2.24) is 0 Å². The molecule has 0 aliphatic heterocycles. The minimum atomic E-state index is -1.17. The zero-order valence-electron chi connectivity index (χ0n) is 10.2. The summed E-state index contributed by atoms with van der Waals surface area (Å²) in [6.07, 6.45) is 0. The molecule has 0 bridgehead atoms. The van der Waals surface area contributed by atoms with Gasteiger partial charge in [0, 0.05) is 11.1 Å². The number of aromatic carboxylic acids is 1. The molecule has 96 valence electrons. The first-order valence-electron chi connectivity index (χ1n) is 5.63. The van der Waals surface area contributed by atoms with Crippen molar-refractivity contribution in [3.63, 3.8) is 0 Å². The van der Waals surface area contributed by atoms with Crippen LogP contribution < -0.4 is 0 Å². The summed E-state index contributed by atoms with van der Waals surface area (Å²) in [6.45, 7) is 1.46. The smallest absolute Gasteiger partial charge is 0.335 e. The Morgan fingerprint density at radius 2 is 1.58 bits per heavy atom. The number of ketones is 1. The third kappa shape index (κ3) is 2.68. The monoisotopic (exact) mass is 258 g/mol. The van der Waals surface area contributed by atoms with Crippen LogP contribution in [0.3, 0.4) is 0 Å². The van der Waals surface area contributed by atoms with E-state index in [9.17, 15) is 14.0 Å². The van der Waals surface area contributed by atoms with Crippen molar-refractivity contribution in [2.24, 2.45) is 0 Å². The zero-order chi connectivity index (χ0) is 14.0. The van der Waals surface area contributed by atoms with Gasteiger partial charge < -0.3 is 5.11 Å². The fourth-order valence-corrected chi connectivity index (χ4v) is 1.77. The van der Waals surface area contributed by atoms with E-state index in [1.807, 2.05) is 0 Å². The van der Waals surface area contributed by atoms with Gasteiger partial charge in [0.15, 0.2) is 5.78 Å². The van der Waals surface area contributed by atoms with Gasteiger partial charge in [-0.15, -0.1) is 0 Å². The topological polar surface area (TPSA) is 54.4 Å². The van der Waals surface area contributed by atoms with Crippen LogP contribution in [0.1, 0.15) is 27.6 Å². The number of hydrogen-bond donors (Lipinski definition) is 1. The van der Waals surface area contributed by atoms with E-state index in [1.165, 1.54) is 19.1 Å². The first-order valence-corrected chi connectivity index (χ1v) is 5.63. The van der Waals surface area contributed by atoms with E-state index in [0.29, 0.717) is 16.7 Å². The van der Waals surface area contributed by atoms with E-state index in [1.54, 1.807) is 24.3 Å². The molecule has 0 saturated heterocycles. The predicted octanol–water partition coefficient (Wildman–Crippen LogP) is 3.39. The zero-order valence-corrected chi connectivity index (χ0v) is 10.2. The number of carbonyl (C=O) groups is 2. The summed E-state index contributed by atoms with van der Waals surface area (Å²) in [7, 11) is 0. The van der Waals surface area contributed by atoms with Crippen LogP contribution in [0.5, 0.6) is 0 Å². The lowest BCUT2D eigenvalue weighted by atomic mass is 10.0. The van der Waals surface area contributed by atoms with Crippen LogP contribution in [-0.2, 0) is 0 Å². The molecule has 0 saturated carbocycles. The highest BCUT2D eigenvalue weighted by molar-refractivity contribution is 5.94. The van der Waals surface area contributed by atoms with E-state index < -0.39 is 11.8 Å². The molecule has 0 heterocycles. The van der Waals surface area contributed by atoms with E-state index in [2.05, 4.69) is 0 Å². The molecule has 2 rings (SSSR count). The highest BCUT2D eigenvalue weighted by Crippen LogP contribution is 2.24. The second kappa shape index (κ2) is 5.02. The van der Waals surface area contributed by atoms with Crippen molar-refractivity contribution < 1.29 is 19.1 Å². The van der Waals surface area contributed by atoms with Crippen molar-refractivity contribution in [2.75, 3.05) is 0 Å². The number of carboxylic acid groups (broad SMARTS) is 1. The summed E-state index contributed by atoms with van der Waals surface area (Å²) in [5, 5.41) is 8.76. The van der Waals surface area contributed by atoms with Gasteiger partial charge in [-0.25, -0.2) is 9.18 Å². The molecule has 0 atom stereocenters. The van der Waals surface area contributed by atoms with Crippen LogP contribution in [0.15, 0.2) is 42.5 Å². The molecule has 0 unspecified atom stereocenters. The van der Waals surface area contributed by atoms with Crippen LogP contribution in [0.25, 0.3) is 11.1 Å². The fourth-order valence-electron chi connectivity index (χ4n) is 1.77. The van der Waals surface area contributed by atoms with Gasteiger partial charge in [-0.1, -0.05) is 30.3 Å². The lowest BCUT2D eigenvalue weighted by Gasteiger charge is -2.05. The van der Waals surface area contributed by atoms with E-state index in [-0.39, 0.29) is 11.3 Å². The second-order valence-corrected chi connectivity index (χ2v) is 4.13. The maximum Gasteiger partial charge on any atom is 0.335 e. The molecule has 0 amide bonds. The molecule has 4 heteroatoms. The van der Waals surface area contributed by atoms with E-state index >= 15 is 0 Å². The van der Waals surface area contributed by atoms with Gasteiger partial charge in [0.25, 0.3) is 0 Å². The molecule has 0 aromatic heterocycles. The number of carboxylic acids is 1. The molecule has 2 aromatic rings. The molecule has 0 aliphatic carbocycles. The molecule has 19 heavy (non-hydrogen) atoms. The predicted molar refractivity (Wildman–Crippen MR) is 68.8 cm³/mol. The van der Waals surface area contributed by atoms with Gasteiger partial charge in [-0.3, -0.25) is 4.79 Å². The standard InChI is InChI=1S/C15H11FO3/c1-9(17)10-2-4-11(5-3-10)13-7-6-12(15(18)19)8-14(13)16/h2-8H,1H3,(H,18,19). The molecule has 1 N–H and O–H groups in total. The number of Topliss-reactive ketones (excluding diaryl/α,β-unsaturated/α-hetero) is 1. The molecule has 3 nitrogen and oxygen atoms in total. The Balaban J connectivity index is 2.41. The van der Waals surface area contributed by atoms with E-state index in [4.69, 9.17) is 5.11 Å². The summed E-state index contributed by atoms with van der Waals surface area (Å²) in [6, 6.07) is 10.2. The second-order valence-electron chi connectivity index (χ2n) is 4.13. The number of benzene rings is 2. The lowest BCUT2D eigenvalue weighted by molar-refractivity contribution is 0.0696. The van der Waals surface area contributed by atoms with Gasteiger partial charge in [-0.05, 0) is 24.6 Å². The summed E-state index contributed by atoms with van der Waals surface area (Å²) in [4.78, 5) is 21.9. The molecule has 2 aromatic carbocycles. The van der Waals surface area contributed by atoms with Crippen molar-refractivity contribution in [3.8, 4) is 11.1 Å². The number of hydrogen-bond acceptors (Lipinski definition) is 2. The lowest BCUT2D eigenvalue weighted by Crippen LogP contribution is -1.98. The quantitative estimate of drug-likeness (QED) is 0.858. The maximum absolute atomic E-state index is 13.8. The minimum Gasteiger partial charge on any atom is -0.478 e. The Bertz CT molecular complexity index is 645. The van der Waals surface area contributed by atoms with Crippen molar-refractivity contribution >= 4 is 11.8 Å². The van der Waals surface area contributed by atoms with Crippen LogP contribution in [0.2, 0.25) is 0 Å². The van der Waals surface area contributed by atoms with E-state index in [0.717, 1.165) is 6.07 Å². The molecule has 0 spiro atoms. The molecule has 0 radical (unpaired) electrons. The summed E-state index contributed by atoms with van der Waals surface area (Å²) >= 11 is 0. The average Bonchev–Trinajstić information content (AvgIpc) is 2.38. The van der Waals surface area contributed by atoms with Gasteiger partial charge in [-0.2, -0.15) is 0 Å². The van der Waals surface area contributed by atoms with Gasteiger partial charge in [0.1, 0.15) is 5.82 Å². The average molecular weight is 258 g/mol. The summed E-state index contributed by atoms with van der Waals surface area (Å²) < 4.78 is 13.8. The van der Waals surface area contributed by atoms with Crippen LogP contribution >= 0.6 is 0 Å².